The summed E-state index contributed by atoms with van der Waals surface area (Å²) >= 11 is 0. The molecule has 0 saturated heterocycles. The lowest BCUT2D eigenvalue weighted by Gasteiger charge is -2.27. The molecule has 2 fully saturated rings. The highest BCUT2D eigenvalue weighted by molar-refractivity contribution is 5.21. The van der Waals surface area contributed by atoms with Crippen molar-refractivity contribution in [3.05, 3.63) is 35.9 Å². The van der Waals surface area contributed by atoms with Crippen LogP contribution in [0.3, 0.4) is 0 Å². The molecule has 1 aromatic rings. The quantitative estimate of drug-likeness (QED) is 0.812. The molecule has 1 nitrogen and oxygen atoms in total. The summed E-state index contributed by atoms with van der Waals surface area (Å²) in [4.78, 5) is 0. The molecular weight excluding hydrogens is 218 g/mol. The Morgan fingerprint density at radius 1 is 0.944 bits per heavy atom. The third kappa shape index (κ3) is 2.77. The first-order chi connectivity index (χ1) is 8.84. The van der Waals surface area contributed by atoms with E-state index < -0.39 is 0 Å². The van der Waals surface area contributed by atoms with Gasteiger partial charge in [-0.3, -0.25) is 0 Å². The summed E-state index contributed by atoms with van der Waals surface area (Å²) in [5.74, 6) is 1.80. The van der Waals surface area contributed by atoms with E-state index in [1.807, 2.05) is 0 Å². The minimum atomic E-state index is 0.599. The van der Waals surface area contributed by atoms with Crippen LogP contribution in [0.2, 0.25) is 0 Å². The van der Waals surface area contributed by atoms with E-state index in [0.29, 0.717) is 12.1 Å². The van der Waals surface area contributed by atoms with Crippen molar-refractivity contribution in [2.45, 2.75) is 57.5 Å². The van der Waals surface area contributed by atoms with Crippen LogP contribution in [0.4, 0.5) is 0 Å². The number of benzene rings is 1. The van der Waals surface area contributed by atoms with Gasteiger partial charge in [0.05, 0.1) is 0 Å². The first-order valence-electron chi connectivity index (χ1n) is 7.65. The highest BCUT2D eigenvalue weighted by Gasteiger charge is 2.34. The largest absolute Gasteiger partial charge is 0.307 e. The second-order valence-electron chi connectivity index (χ2n) is 6.23. The van der Waals surface area contributed by atoms with Crippen LogP contribution in [0.5, 0.6) is 0 Å². The Bertz CT molecular complexity index is 362. The van der Waals surface area contributed by atoms with Gasteiger partial charge in [0.1, 0.15) is 0 Å². The maximum Gasteiger partial charge on any atom is 0.0351 e. The number of hydrogen-bond acceptors (Lipinski definition) is 1. The van der Waals surface area contributed by atoms with E-state index in [1.165, 1.54) is 44.1 Å². The molecule has 2 unspecified atom stereocenters. The molecule has 3 rings (SSSR count). The van der Waals surface area contributed by atoms with Crippen molar-refractivity contribution in [3.8, 4) is 0 Å². The molecule has 2 aliphatic carbocycles. The highest BCUT2D eigenvalue weighted by Crippen LogP contribution is 2.42. The topological polar surface area (TPSA) is 12.0 Å². The van der Waals surface area contributed by atoms with E-state index in [1.54, 1.807) is 0 Å². The van der Waals surface area contributed by atoms with E-state index in [-0.39, 0.29) is 0 Å². The smallest absolute Gasteiger partial charge is 0.0351 e. The van der Waals surface area contributed by atoms with Gasteiger partial charge >= 0.3 is 0 Å². The van der Waals surface area contributed by atoms with E-state index >= 15 is 0 Å². The molecule has 1 N–H and O–H groups in total. The third-order valence-electron chi connectivity index (χ3n) is 4.80. The Morgan fingerprint density at radius 2 is 1.61 bits per heavy atom. The SMILES string of the molecule is CC(NC(c1ccccc1)C1CC1)C1CCCC1. The zero-order valence-corrected chi connectivity index (χ0v) is 11.4. The molecule has 2 saturated carbocycles. The first kappa shape index (κ1) is 12.2. The molecule has 98 valence electrons. The van der Waals surface area contributed by atoms with Crippen LogP contribution in [-0.4, -0.2) is 6.04 Å². The standard InChI is InChI=1S/C17H25N/c1-13(14-7-5-6-8-14)18-17(16-11-12-16)15-9-3-2-4-10-15/h2-4,9-10,13-14,16-18H,5-8,11-12H2,1H3. The lowest BCUT2D eigenvalue weighted by atomic mass is 9.95. The van der Waals surface area contributed by atoms with E-state index in [0.717, 1.165) is 11.8 Å². The van der Waals surface area contributed by atoms with Crippen LogP contribution in [-0.2, 0) is 0 Å². The van der Waals surface area contributed by atoms with Crippen molar-refractivity contribution in [3.63, 3.8) is 0 Å². The fourth-order valence-electron chi connectivity index (χ4n) is 3.47. The maximum absolute atomic E-state index is 3.94. The van der Waals surface area contributed by atoms with E-state index in [4.69, 9.17) is 0 Å². The molecule has 2 atom stereocenters. The third-order valence-corrected chi connectivity index (χ3v) is 4.80. The molecule has 0 heterocycles. The molecule has 0 spiro atoms. The van der Waals surface area contributed by atoms with Gasteiger partial charge in [-0.25, -0.2) is 0 Å². The highest BCUT2D eigenvalue weighted by atomic mass is 15.0. The van der Waals surface area contributed by atoms with E-state index in [9.17, 15) is 0 Å². The second kappa shape index (κ2) is 5.44. The predicted molar refractivity (Wildman–Crippen MR) is 76.5 cm³/mol. The van der Waals surface area contributed by atoms with Gasteiger partial charge in [-0.15, -0.1) is 0 Å². The Morgan fingerprint density at radius 3 is 2.22 bits per heavy atom. The summed E-state index contributed by atoms with van der Waals surface area (Å²) in [5, 5.41) is 3.94. The van der Waals surface area contributed by atoms with Gasteiger partial charge in [-0.05, 0) is 50.0 Å². The average molecular weight is 243 g/mol. The van der Waals surface area contributed by atoms with Crippen LogP contribution in [0.15, 0.2) is 30.3 Å². The van der Waals surface area contributed by atoms with Crippen LogP contribution >= 0.6 is 0 Å². The van der Waals surface area contributed by atoms with Crippen molar-refractivity contribution in [1.82, 2.24) is 5.32 Å². The number of rotatable bonds is 5. The van der Waals surface area contributed by atoms with E-state index in [2.05, 4.69) is 42.6 Å². The summed E-state index contributed by atoms with van der Waals surface area (Å²) in [6.07, 6.45) is 8.56. The van der Waals surface area contributed by atoms with Gasteiger partial charge in [-0.1, -0.05) is 43.2 Å². The molecule has 2 aliphatic rings. The van der Waals surface area contributed by atoms with Crippen LogP contribution < -0.4 is 5.32 Å². The summed E-state index contributed by atoms with van der Waals surface area (Å²) in [5.41, 5.74) is 1.49. The van der Waals surface area contributed by atoms with Crippen molar-refractivity contribution >= 4 is 0 Å². The molecule has 18 heavy (non-hydrogen) atoms. The van der Waals surface area contributed by atoms with Gasteiger partial charge < -0.3 is 5.32 Å². The summed E-state index contributed by atoms with van der Waals surface area (Å²) < 4.78 is 0. The fraction of sp³-hybridized carbons (Fsp3) is 0.647. The lowest BCUT2D eigenvalue weighted by molar-refractivity contribution is 0.327. The van der Waals surface area contributed by atoms with Gasteiger partial charge in [0.2, 0.25) is 0 Å². The fourth-order valence-corrected chi connectivity index (χ4v) is 3.47. The molecule has 0 amide bonds. The van der Waals surface area contributed by atoms with Crippen LogP contribution in [0.1, 0.15) is 57.1 Å². The molecule has 0 aliphatic heterocycles. The van der Waals surface area contributed by atoms with Crippen LogP contribution in [0.25, 0.3) is 0 Å². The predicted octanol–water partition coefficient (Wildman–Crippen LogP) is 4.31. The lowest BCUT2D eigenvalue weighted by Crippen LogP contribution is -2.36. The minimum absolute atomic E-state index is 0.599. The van der Waals surface area contributed by atoms with Crippen molar-refractivity contribution in [2.75, 3.05) is 0 Å². The molecular formula is C17H25N. The second-order valence-corrected chi connectivity index (χ2v) is 6.23. The Kier molecular flexibility index (Phi) is 3.69. The van der Waals surface area contributed by atoms with Gasteiger partial charge in [0.25, 0.3) is 0 Å². The molecule has 0 radical (unpaired) electrons. The Balaban J connectivity index is 1.67. The molecule has 0 aromatic heterocycles. The van der Waals surface area contributed by atoms with Crippen molar-refractivity contribution < 1.29 is 0 Å². The number of nitrogens with one attached hydrogen (secondary N) is 1. The number of hydrogen-bond donors (Lipinski definition) is 1. The van der Waals surface area contributed by atoms with Gasteiger partial charge in [0, 0.05) is 12.1 Å². The summed E-state index contributed by atoms with van der Waals surface area (Å²) in [6.45, 7) is 2.40. The summed E-state index contributed by atoms with van der Waals surface area (Å²) in [6, 6.07) is 12.3. The summed E-state index contributed by atoms with van der Waals surface area (Å²) in [7, 11) is 0. The molecule has 0 bridgehead atoms. The Hall–Kier alpha value is -0.820. The average Bonchev–Trinajstić information content (AvgIpc) is 3.10. The molecule has 1 aromatic carbocycles. The zero-order chi connectivity index (χ0) is 12.4. The van der Waals surface area contributed by atoms with Crippen molar-refractivity contribution in [1.29, 1.82) is 0 Å². The minimum Gasteiger partial charge on any atom is -0.307 e. The molecule has 1 heteroatoms. The first-order valence-corrected chi connectivity index (χ1v) is 7.65. The van der Waals surface area contributed by atoms with Crippen LogP contribution in [0, 0.1) is 11.8 Å². The van der Waals surface area contributed by atoms with Gasteiger partial charge in [-0.2, -0.15) is 0 Å². The van der Waals surface area contributed by atoms with Crippen molar-refractivity contribution in [2.24, 2.45) is 11.8 Å². The Labute approximate surface area is 111 Å². The normalized spacial score (nSPS) is 24.1. The maximum atomic E-state index is 3.94. The zero-order valence-electron chi connectivity index (χ0n) is 11.4. The van der Waals surface area contributed by atoms with Gasteiger partial charge in [0.15, 0.2) is 0 Å². The monoisotopic (exact) mass is 243 g/mol.